The smallest absolute Gasteiger partial charge is 0.253 e. The molecule has 1 aliphatic rings. The van der Waals surface area contributed by atoms with E-state index in [1.54, 1.807) is 12.1 Å². The highest BCUT2D eigenvalue weighted by Crippen LogP contribution is 2.17. The minimum Gasteiger partial charge on any atom is -0.391 e. The average molecular weight is 245 g/mol. The van der Waals surface area contributed by atoms with E-state index < -0.39 is 0 Å². The standard InChI is InChI=1S/C13H15N3O2/c1-2-6-14-13(18)10-3-4-12(15-8-10)16-7-5-11(17)9-16/h1,3-4,8,11,17H,5-7,9H2,(H,14,18)/t11-/m0/s1. The molecule has 1 aliphatic heterocycles. The van der Waals surface area contributed by atoms with Crippen LogP contribution >= 0.6 is 0 Å². The molecule has 0 bridgehead atoms. The van der Waals surface area contributed by atoms with Crippen LogP contribution in [-0.2, 0) is 0 Å². The number of anilines is 1. The van der Waals surface area contributed by atoms with Gasteiger partial charge >= 0.3 is 0 Å². The molecule has 1 fully saturated rings. The molecule has 0 aromatic carbocycles. The van der Waals surface area contributed by atoms with Crippen molar-refractivity contribution in [3.05, 3.63) is 23.9 Å². The number of rotatable bonds is 3. The van der Waals surface area contributed by atoms with Crippen LogP contribution in [0.2, 0.25) is 0 Å². The van der Waals surface area contributed by atoms with Crippen LogP contribution in [0, 0.1) is 12.3 Å². The third-order valence-corrected chi connectivity index (χ3v) is 2.85. The fourth-order valence-corrected chi connectivity index (χ4v) is 1.89. The molecule has 5 heteroatoms. The molecule has 0 saturated carbocycles. The zero-order valence-electron chi connectivity index (χ0n) is 9.97. The lowest BCUT2D eigenvalue weighted by Gasteiger charge is -2.16. The molecular formula is C13H15N3O2. The monoisotopic (exact) mass is 245 g/mol. The number of nitrogens with zero attached hydrogens (tertiary/aromatic N) is 2. The predicted octanol–water partition coefficient (Wildman–Crippen LogP) is 0.0156. The first-order chi connectivity index (χ1) is 8.70. The first-order valence-electron chi connectivity index (χ1n) is 5.81. The van der Waals surface area contributed by atoms with E-state index in [4.69, 9.17) is 6.42 Å². The van der Waals surface area contributed by atoms with E-state index in [-0.39, 0.29) is 18.6 Å². The van der Waals surface area contributed by atoms with Crippen LogP contribution in [0.4, 0.5) is 5.82 Å². The minimum absolute atomic E-state index is 0.207. The van der Waals surface area contributed by atoms with Crippen LogP contribution in [0.3, 0.4) is 0 Å². The van der Waals surface area contributed by atoms with Crippen molar-refractivity contribution in [3.8, 4) is 12.3 Å². The Labute approximate surface area is 106 Å². The van der Waals surface area contributed by atoms with Gasteiger partial charge in [0.2, 0.25) is 0 Å². The molecule has 1 aromatic rings. The summed E-state index contributed by atoms with van der Waals surface area (Å²) >= 11 is 0. The van der Waals surface area contributed by atoms with Crippen LogP contribution in [0.5, 0.6) is 0 Å². The van der Waals surface area contributed by atoms with E-state index in [0.717, 1.165) is 18.8 Å². The predicted molar refractivity (Wildman–Crippen MR) is 68.2 cm³/mol. The summed E-state index contributed by atoms with van der Waals surface area (Å²) in [4.78, 5) is 17.8. The number of pyridine rings is 1. The number of aliphatic hydroxyl groups is 1. The third kappa shape index (κ3) is 2.79. The lowest BCUT2D eigenvalue weighted by atomic mass is 10.2. The lowest BCUT2D eigenvalue weighted by molar-refractivity contribution is 0.0958. The van der Waals surface area contributed by atoms with E-state index in [9.17, 15) is 9.90 Å². The van der Waals surface area contributed by atoms with Gasteiger partial charge in [-0.25, -0.2) is 4.98 Å². The Morgan fingerprint density at radius 2 is 2.50 bits per heavy atom. The molecule has 1 atom stereocenters. The van der Waals surface area contributed by atoms with Crippen LogP contribution in [0.15, 0.2) is 18.3 Å². The van der Waals surface area contributed by atoms with Crippen molar-refractivity contribution in [2.45, 2.75) is 12.5 Å². The molecular weight excluding hydrogens is 230 g/mol. The Morgan fingerprint density at radius 1 is 1.67 bits per heavy atom. The zero-order valence-corrected chi connectivity index (χ0v) is 9.97. The second-order valence-corrected chi connectivity index (χ2v) is 4.18. The van der Waals surface area contributed by atoms with Crippen molar-refractivity contribution in [1.82, 2.24) is 10.3 Å². The molecule has 1 amide bonds. The number of amides is 1. The second-order valence-electron chi connectivity index (χ2n) is 4.18. The Balaban J connectivity index is 2.01. The normalized spacial score (nSPS) is 18.4. The number of carbonyl (C=O) groups is 1. The second kappa shape index (κ2) is 5.52. The van der Waals surface area contributed by atoms with Gasteiger partial charge in [-0.15, -0.1) is 6.42 Å². The van der Waals surface area contributed by atoms with Crippen molar-refractivity contribution < 1.29 is 9.90 Å². The molecule has 1 saturated heterocycles. The Kier molecular flexibility index (Phi) is 3.80. The van der Waals surface area contributed by atoms with E-state index in [0.29, 0.717) is 12.1 Å². The first kappa shape index (κ1) is 12.4. The summed E-state index contributed by atoms with van der Waals surface area (Å²) in [5, 5.41) is 12.0. The largest absolute Gasteiger partial charge is 0.391 e. The van der Waals surface area contributed by atoms with Crippen molar-refractivity contribution in [3.63, 3.8) is 0 Å². The Morgan fingerprint density at radius 3 is 3.06 bits per heavy atom. The van der Waals surface area contributed by atoms with E-state index in [1.807, 2.05) is 4.90 Å². The Bertz CT molecular complexity index is 464. The van der Waals surface area contributed by atoms with Gasteiger partial charge in [-0.3, -0.25) is 4.79 Å². The average Bonchev–Trinajstić information content (AvgIpc) is 2.83. The van der Waals surface area contributed by atoms with Crippen LogP contribution < -0.4 is 10.2 Å². The number of hydrogen-bond donors (Lipinski definition) is 2. The summed E-state index contributed by atoms with van der Waals surface area (Å²) in [5.74, 6) is 2.89. The summed E-state index contributed by atoms with van der Waals surface area (Å²) in [6.45, 7) is 1.59. The fourth-order valence-electron chi connectivity index (χ4n) is 1.89. The number of carbonyl (C=O) groups excluding carboxylic acids is 1. The highest BCUT2D eigenvalue weighted by Gasteiger charge is 2.21. The highest BCUT2D eigenvalue weighted by molar-refractivity contribution is 5.94. The molecule has 0 radical (unpaired) electrons. The SMILES string of the molecule is C#CCNC(=O)c1ccc(N2CC[C@H](O)C2)nc1. The molecule has 0 spiro atoms. The van der Waals surface area contributed by atoms with Gasteiger partial charge in [0.05, 0.1) is 18.2 Å². The minimum atomic E-state index is -0.287. The van der Waals surface area contributed by atoms with Gasteiger partial charge < -0.3 is 15.3 Å². The van der Waals surface area contributed by atoms with Gasteiger partial charge in [0.25, 0.3) is 5.91 Å². The quantitative estimate of drug-likeness (QED) is 0.737. The van der Waals surface area contributed by atoms with E-state index >= 15 is 0 Å². The van der Waals surface area contributed by atoms with Gasteiger partial charge in [-0.05, 0) is 18.6 Å². The highest BCUT2D eigenvalue weighted by atomic mass is 16.3. The van der Waals surface area contributed by atoms with Gasteiger partial charge in [-0.1, -0.05) is 5.92 Å². The molecule has 1 aromatic heterocycles. The topological polar surface area (TPSA) is 65.5 Å². The van der Waals surface area contributed by atoms with Gasteiger partial charge in [0.1, 0.15) is 5.82 Å². The van der Waals surface area contributed by atoms with Crippen molar-refractivity contribution >= 4 is 11.7 Å². The number of hydrogen-bond acceptors (Lipinski definition) is 4. The van der Waals surface area contributed by atoms with Crippen molar-refractivity contribution in [1.29, 1.82) is 0 Å². The van der Waals surface area contributed by atoms with Crippen molar-refractivity contribution in [2.75, 3.05) is 24.5 Å². The number of aliphatic hydroxyl groups excluding tert-OH is 1. The lowest BCUT2D eigenvalue weighted by Crippen LogP contribution is -2.25. The summed E-state index contributed by atoms with van der Waals surface area (Å²) in [6, 6.07) is 3.49. The molecule has 0 aliphatic carbocycles. The Hall–Kier alpha value is -2.06. The molecule has 2 rings (SSSR count). The summed E-state index contributed by atoms with van der Waals surface area (Å²) in [6.07, 6.45) is 7.05. The zero-order chi connectivity index (χ0) is 13.0. The maximum absolute atomic E-state index is 11.6. The number of terminal acetylenes is 1. The van der Waals surface area contributed by atoms with Crippen molar-refractivity contribution in [2.24, 2.45) is 0 Å². The number of β-amino-alcohol motifs (C(OH)–C–C–N with tert-alkyl or cyclic N) is 1. The summed E-state index contributed by atoms with van der Waals surface area (Å²) in [7, 11) is 0. The number of aromatic nitrogens is 1. The van der Waals surface area contributed by atoms with Crippen LogP contribution in [0.25, 0.3) is 0 Å². The van der Waals surface area contributed by atoms with Crippen LogP contribution in [0.1, 0.15) is 16.8 Å². The fraction of sp³-hybridized carbons (Fsp3) is 0.385. The molecule has 18 heavy (non-hydrogen) atoms. The third-order valence-electron chi connectivity index (χ3n) is 2.85. The van der Waals surface area contributed by atoms with E-state index in [2.05, 4.69) is 16.2 Å². The first-order valence-corrected chi connectivity index (χ1v) is 5.81. The molecule has 2 N–H and O–H groups in total. The summed E-state index contributed by atoms with van der Waals surface area (Å²) in [5.41, 5.74) is 0.480. The summed E-state index contributed by atoms with van der Waals surface area (Å²) < 4.78 is 0. The molecule has 5 nitrogen and oxygen atoms in total. The maximum atomic E-state index is 11.6. The molecule has 0 unspecified atom stereocenters. The van der Waals surface area contributed by atoms with E-state index in [1.165, 1.54) is 6.20 Å². The maximum Gasteiger partial charge on any atom is 0.253 e. The van der Waals surface area contributed by atoms with Gasteiger partial charge in [0, 0.05) is 19.3 Å². The molecule has 2 heterocycles. The van der Waals surface area contributed by atoms with Gasteiger partial charge in [0.15, 0.2) is 0 Å². The van der Waals surface area contributed by atoms with Gasteiger partial charge in [-0.2, -0.15) is 0 Å². The van der Waals surface area contributed by atoms with Crippen LogP contribution in [-0.4, -0.2) is 41.7 Å². The number of nitrogens with one attached hydrogen (secondary N) is 1. The molecule has 94 valence electrons.